The Morgan fingerprint density at radius 1 is 1.33 bits per heavy atom. The third-order valence-corrected chi connectivity index (χ3v) is 5.58. The van der Waals surface area contributed by atoms with Gasteiger partial charge in [0, 0.05) is 24.8 Å². The van der Waals surface area contributed by atoms with Gasteiger partial charge in [0.2, 0.25) is 0 Å². The number of benzene rings is 1. The van der Waals surface area contributed by atoms with E-state index in [1.807, 2.05) is 11.3 Å². The molecule has 0 aliphatic carbocycles. The molecule has 0 bridgehead atoms. The second-order valence-electron chi connectivity index (χ2n) is 4.69. The fourth-order valence-electron chi connectivity index (χ4n) is 2.31. The molecule has 1 aliphatic heterocycles. The van der Waals surface area contributed by atoms with Crippen molar-refractivity contribution in [2.75, 3.05) is 18.1 Å². The Kier molecular flexibility index (Phi) is 4.18. The van der Waals surface area contributed by atoms with E-state index in [1.165, 1.54) is 34.1 Å². The minimum atomic E-state index is 0.720. The summed E-state index contributed by atoms with van der Waals surface area (Å²) in [5.74, 6) is 2.62. The summed E-state index contributed by atoms with van der Waals surface area (Å²) in [5, 5.41) is 4.92. The number of nitrogens with one attached hydrogen (secondary N) is 1. The SMILES string of the molecule is c1ccc2sc(CCN[C@@H]3CCCSC3)nc2c1. The molecule has 96 valence electrons. The third-order valence-electron chi connectivity index (χ3n) is 3.27. The van der Waals surface area contributed by atoms with Gasteiger partial charge in [0.25, 0.3) is 0 Å². The normalized spacial score (nSPS) is 20.3. The van der Waals surface area contributed by atoms with Gasteiger partial charge in [-0.1, -0.05) is 12.1 Å². The largest absolute Gasteiger partial charge is 0.313 e. The van der Waals surface area contributed by atoms with E-state index in [-0.39, 0.29) is 0 Å². The predicted octanol–water partition coefficient (Wildman–Crippen LogP) is 3.32. The van der Waals surface area contributed by atoms with Crippen LogP contribution in [0.3, 0.4) is 0 Å². The van der Waals surface area contributed by atoms with Gasteiger partial charge in [0.1, 0.15) is 0 Å². The zero-order valence-electron chi connectivity index (χ0n) is 10.4. The van der Waals surface area contributed by atoms with E-state index in [1.54, 1.807) is 0 Å². The summed E-state index contributed by atoms with van der Waals surface area (Å²) in [6.45, 7) is 1.06. The van der Waals surface area contributed by atoms with Crippen molar-refractivity contribution in [1.29, 1.82) is 0 Å². The van der Waals surface area contributed by atoms with Crippen LogP contribution in [0.4, 0.5) is 0 Å². The number of rotatable bonds is 4. The molecular weight excluding hydrogens is 260 g/mol. The van der Waals surface area contributed by atoms with Crippen LogP contribution < -0.4 is 5.32 Å². The molecule has 1 atom stereocenters. The molecule has 1 saturated heterocycles. The minimum Gasteiger partial charge on any atom is -0.313 e. The van der Waals surface area contributed by atoms with Crippen molar-refractivity contribution in [3.8, 4) is 0 Å². The average Bonchev–Trinajstić information content (AvgIpc) is 2.82. The van der Waals surface area contributed by atoms with Gasteiger partial charge in [0.15, 0.2) is 0 Å². The number of thioether (sulfide) groups is 1. The molecular formula is C14H18N2S2. The summed E-state index contributed by atoms with van der Waals surface area (Å²) in [6.07, 6.45) is 3.76. The number of thiazole rings is 1. The first-order valence-electron chi connectivity index (χ1n) is 6.57. The molecule has 0 spiro atoms. The number of hydrogen-bond donors (Lipinski definition) is 1. The number of nitrogens with zero attached hydrogens (tertiary/aromatic N) is 1. The second-order valence-corrected chi connectivity index (χ2v) is 6.96. The Morgan fingerprint density at radius 2 is 2.28 bits per heavy atom. The molecule has 2 nitrogen and oxygen atoms in total. The summed E-state index contributed by atoms with van der Waals surface area (Å²) in [4.78, 5) is 4.67. The predicted molar refractivity (Wildman–Crippen MR) is 81.7 cm³/mol. The van der Waals surface area contributed by atoms with Crippen molar-refractivity contribution in [1.82, 2.24) is 10.3 Å². The minimum absolute atomic E-state index is 0.720. The second kappa shape index (κ2) is 6.04. The Morgan fingerprint density at radius 3 is 3.11 bits per heavy atom. The molecule has 0 radical (unpaired) electrons. The molecule has 0 unspecified atom stereocenters. The summed E-state index contributed by atoms with van der Waals surface area (Å²) in [5.41, 5.74) is 1.14. The highest BCUT2D eigenvalue weighted by atomic mass is 32.2. The van der Waals surface area contributed by atoms with Crippen LogP contribution >= 0.6 is 23.1 Å². The van der Waals surface area contributed by atoms with E-state index in [0.717, 1.165) is 24.5 Å². The van der Waals surface area contributed by atoms with E-state index in [2.05, 4.69) is 46.3 Å². The lowest BCUT2D eigenvalue weighted by Crippen LogP contribution is -2.35. The summed E-state index contributed by atoms with van der Waals surface area (Å²) in [6, 6.07) is 9.12. The van der Waals surface area contributed by atoms with Crippen molar-refractivity contribution in [2.45, 2.75) is 25.3 Å². The molecule has 2 heterocycles. The van der Waals surface area contributed by atoms with E-state index in [4.69, 9.17) is 0 Å². The maximum absolute atomic E-state index is 4.67. The highest BCUT2D eigenvalue weighted by molar-refractivity contribution is 7.99. The average molecular weight is 278 g/mol. The lowest BCUT2D eigenvalue weighted by Gasteiger charge is -2.22. The number of para-hydroxylation sites is 1. The van der Waals surface area contributed by atoms with Gasteiger partial charge in [-0.25, -0.2) is 4.98 Å². The van der Waals surface area contributed by atoms with Crippen LogP contribution in [0.15, 0.2) is 24.3 Å². The van der Waals surface area contributed by atoms with Gasteiger partial charge < -0.3 is 5.32 Å². The van der Waals surface area contributed by atoms with E-state index < -0.39 is 0 Å². The number of aromatic nitrogens is 1. The van der Waals surface area contributed by atoms with Crippen molar-refractivity contribution < 1.29 is 0 Å². The molecule has 1 N–H and O–H groups in total. The zero-order chi connectivity index (χ0) is 12.2. The number of hydrogen-bond acceptors (Lipinski definition) is 4. The molecule has 3 rings (SSSR count). The van der Waals surface area contributed by atoms with Crippen molar-refractivity contribution in [3.63, 3.8) is 0 Å². The van der Waals surface area contributed by atoms with Crippen LogP contribution in [-0.4, -0.2) is 29.1 Å². The Labute approximate surface area is 116 Å². The van der Waals surface area contributed by atoms with E-state index in [9.17, 15) is 0 Å². The van der Waals surface area contributed by atoms with Gasteiger partial charge in [-0.3, -0.25) is 0 Å². The van der Waals surface area contributed by atoms with E-state index >= 15 is 0 Å². The smallest absolute Gasteiger partial charge is 0.0951 e. The summed E-state index contributed by atoms with van der Waals surface area (Å²) >= 11 is 3.91. The first kappa shape index (κ1) is 12.5. The lowest BCUT2D eigenvalue weighted by atomic mass is 10.2. The fourth-order valence-corrected chi connectivity index (χ4v) is 4.39. The maximum Gasteiger partial charge on any atom is 0.0951 e. The zero-order valence-corrected chi connectivity index (χ0v) is 12.0. The van der Waals surface area contributed by atoms with Gasteiger partial charge >= 0.3 is 0 Å². The van der Waals surface area contributed by atoms with Crippen molar-refractivity contribution in [3.05, 3.63) is 29.3 Å². The molecule has 1 aromatic heterocycles. The molecule has 4 heteroatoms. The molecule has 1 aliphatic rings. The summed E-state index contributed by atoms with van der Waals surface area (Å²) in [7, 11) is 0. The van der Waals surface area contributed by atoms with Crippen LogP contribution in [0.5, 0.6) is 0 Å². The molecule has 18 heavy (non-hydrogen) atoms. The molecule has 0 saturated carbocycles. The first-order valence-corrected chi connectivity index (χ1v) is 8.54. The van der Waals surface area contributed by atoms with Crippen LogP contribution in [-0.2, 0) is 6.42 Å². The highest BCUT2D eigenvalue weighted by Gasteiger charge is 2.12. The van der Waals surface area contributed by atoms with Gasteiger partial charge in [0.05, 0.1) is 15.2 Å². The van der Waals surface area contributed by atoms with Gasteiger partial charge in [-0.2, -0.15) is 11.8 Å². The van der Waals surface area contributed by atoms with Crippen LogP contribution in [0, 0.1) is 0 Å². The number of fused-ring (bicyclic) bond motifs is 1. The van der Waals surface area contributed by atoms with Gasteiger partial charge in [-0.15, -0.1) is 11.3 Å². The monoisotopic (exact) mass is 278 g/mol. The lowest BCUT2D eigenvalue weighted by molar-refractivity contribution is 0.511. The Hall–Kier alpha value is -0.580. The fraction of sp³-hybridized carbons (Fsp3) is 0.500. The van der Waals surface area contributed by atoms with Crippen LogP contribution in [0.2, 0.25) is 0 Å². The van der Waals surface area contributed by atoms with Crippen molar-refractivity contribution in [2.24, 2.45) is 0 Å². The quantitative estimate of drug-likeness (QED) is 0.928. The maximum atomic E-state index is 4.67. The van der Waals surface area contributed by atoms with Crippen molar-refractivity contribution >= 4 is 33.3 Å². The Balaban J connectivity index is 1.53. The summed E-state index contributed by atoms with van der Waals surface area (Å²) < 4.78 is 1.31. The van der Waals surface area contributed by atoms with E-state index in [0.29, 0.717) is 0 Å². The Bertz CT molecular complexity index is 470. The highest BCUT2D eigenvalue weighted by Crippen LogP contribution is 2.22. The molecule has 1 fully saturated rings. The standard InChI is InChI=1S/C14H18N2S2/c1-2-6-13-12(5-1)16-14(18-13)7-8-15-11-4-3-9-17-10-11/h1-2,5-6,11,15H,3-4,7-10H2/t11-/m1/s1. The first-order chi connectivity index (χ1) is 8.92. The van der Waals surface area contributed by atoms with Gasteiger partial charge in [-0.05, 0) is 30.7 Å². The van der Waals surface area contributed by atoms with Crippen LogP contribution in [0.1, 0.15) is 17.8 Å². The molecule has 2 aromatic rings. The topological polar surface area (TPSA) is 24.9 Å². The molecule has 0 amide bonds. The van der Waals surface area contributed by atoms with Crippen LogP contribution in [0.25, 0.3) is 10.2 Å². The molecule has 1 aromatic carbocycles. The third kappa shape index (κ3) is 3.05.